The Bertz CT molecular complexity index is 6000. The molecule has 0 saturated heterocycles. The van der Waals surface area contributed by atoms with Gasteiger partial charge < -0.3 is 18.3 Å². The van der Waals surface area contributed by atoms with Crippen LogP contribution < -0.4 is 16.4 Å². The lowest BCUT2D eigenvalue weighted by molar-refractivity contribution is 1.18. The van der Waals surface area contributed by atoms with E-state index in [2.05, 4.69) is 182 Å². The molecule has 0 amide bonds. The van der Waals surface area contributed by atoms with Gasteiger partial charge in [-0.25, -0.2) is 0 Å². The zero-order valence-corrected chi connectivity index (χ0v) is 47.0. The van der Waals surface area contributed by atoms with E-state index in [-0.39, 0.29) is 6.71 Å². The molecule has 10 heteroatoms. The molecule has 0 radical (unpaired) electrons. The molecule has 0 spiro atoms. The van der Waals surface area contributed by atoms with Crippen molar-refractivity contribution >= 4 is 132 Å². The number of fused-ring (bicyclic) bond motifs is 20. The van der Waals surface area contributed by atoms with E-state index in [0.717, 1.165) is 170 Å². The third-order valence-corrected chi connectivity index (χ3v) is 19.2. The maximum absolute atomic E-state index is 11.7. The van der Waals surface area contributed by atoms with Crippen LogP contribution in [0, 0.1) is 56.7 Å². The maximum Gasteiger partial charge on any atom is 0.244 e. The number of aromatic nitrogens is 4. The monoisotopic (exact) mass is 1120 g/mol. The number of benzene rings is 13. The highest BCUT2D eigenvalue weighted by Crippen LogP contribution is 2.53. The second-order valence-electron chi connectivity index (χ2n) is 23.4. The van der Waals surface area contributed by atoms with Crippen LogP contribution in [0.15, 0.2) is 231 Å². The van der Waals surface area contributed by atoms with Crippen LogP contribution in [0.3, 0.4) is 0 Å². The predicted molar refractivity (Wildman–Crippen MR) is 358 cm³/mol. The summed E-state index contributed by atoms with van der Waals surface area (Å²) < 4.78 is 9.39. The fraction of sp³-hybridized carbons (Fsp3) is 0. The summed E-state index contributed by atoms with van der Waals surface area (Å²) in [5.41, 5.74) is 22.1. The van der Waals surface area contributed by atoms with Gasteiger partial charge >= 0.3 is 0 Å². The summed E-state index contributed by atoms with van der Waals surface area (Å²) in [5.74, 6) is 0. The van der Waals surface area contributed by atoms with Gasteiger partial charge in [-0.1, -0.05) is 101 Å². The van der Waals surface area contributed by atoms with Crippen LogP contribution in [0.4, 0.5) is 0 Å². The first-order valence-corrected chi connectivity index (χ1v) is 29.5. The van der Waals surface area contributed by atoms with Gasteiger partial charge in [0.25, 0.3) is 0 Å². The molecular weight excluding hydrogens is 1090 g/mol. The minimum Gasteiger partial charge on any atom is -0.309 e. The first kappa shape index (κ1) is 48.5. The van der Waals surface area contributed by atoms with Crippen molar-refractivity contribution in [1.82, 2.24) is 18.3 Å². The zero-order chi connectivity index (χ0) is 59.1. The number of hydrogen-bond donors (Lipinski definition) is 0. The third-order valence-electron chi connectivity index (χ3n) is 19.2. The number of rotatable bonds is 4. The van der Waals surface area contributed by atoms with E-state index in [1.165, 1.54) is 0 Å². The Balaban J connectivity index is 1.07. The summed E-state index contributed by atoms with van der Waals surface area (Å²) in [4.78, 5) is 0. The predicted octanol–water partition coefficient (Wildman–Crippen LogP) is 16.2. The van der Waals surface area contributed by atoms with E-state index in [9.17, 15) is 26.3 Å². The highest BCUT2D eigenvalue weighted by atomic mass is 15.0. The lowest BCUT2D eigenvalue weighted by Crippen LogP contribution is -2.57. The average Bonchev–Trinajstić information content (AvgIpc) is 1.65. The van der Waals surface area contributed by atoms with E-state index in [1.54, 1.807) is 0 Å². The number of para-hydroxylation sites is 4. The molecule has 2 aliphatic heterocycles. The molecule has 19 rings (SSSR count). The van der Waals surface area contributed by atoms with Crippen LogP contribution in [-0.2, 0) is 0 Å². The Morgan fingerprint density at radius 1 is 0.258 bits per heavy atom. The molecule has 402 valence electrons. The first-order valence-electron chi connectivity index (χ1n) is 29.5. The van der Waals surface area contributed by atoms with E-state index in [4.69, 9.17) is 0 Å². The molecule has 0 fully saturated rings. The molecule has 17 aromatic rings. The second kappa shape index (κ2) is 17.6. The fourth-order valence-electron chi connectivity index (χ4n) is 15.8. The molecule has 13 aromatic carbocycles. The molecule has 0 aliphatic carbocycles. The van der Waals surface area contributed by atoms with Crippen LogP contribution in [-0.4, -0.2) is 25.0 Å². The number of nitrogens with zero attached hydrogens (tertiary/aromatic N) is 9. The topological polar surface area (TPSA) is 139 Å². The van der Waals surface area contributed by atoms with Crippen molar-refractivity contribution in [3.8, 4) is 75.3 Å². The van der Waals surface area contributed by atoms with Crippen molar-refractivity contribution in [2.75, 3.05) is 0 Å². The first-order chi connectivity index (χ1) is 43.9. The van der Waals surface area contributed by atoms with Crippen LogP contribution in [0.25, 0.3) is 154 Å². The minimum absolute atomic E-state index is 0.353. The fourth-order valence-corrected chi connectivity index (χ4v) is 15.8. The molecule has 0 bridgehead atoms. The van der Waals surface area contributed by atoms with Crippen LogP contribution in [0.2, 0.25) is 0 Å². The Kier molecular flexibility index (Phi) is 9.58. The Morgan fingerprint density at radius 3 is 0.921 bits per heavy atom. The lowest BCUT2D eigenvalue weighted by atomic mass is 9.30. The summed E-state index contributed by atoms with van der Waals surface area (Å²) in [5, 5.41) is 64.8. The number of nitriles is 5. The summed E-state index contributed by atoms with van der Waals surface area (Å²) in [7, 11) is 0. The molecule has 0 unspecified atom stereocenters. The molecule has 89 heavy (non-hydrogen) atoms. The summed E-state index contributed by atoms with van der Waals surface area (Å²) >= 11 is 0. The van der Waals surface area contributed by atoms with Gasteiger partial charge in [0, 0.05) is 76.6 Å². The zero-order valence-electron chi connectivity index (χ0n) is 47.0. The molecule has 9 nitrogen and oxygen atoms in total. The SMILES string of the molecule is N#Cc1ccc(-n2c3ccccc3c3c4c5c(cc6c7ccccc7n(-c7ccc(C#N)cc7)c6c5cc32)B2c3c-4cc(C#N)cc3-c3c4c2cc2c5ccccc5n(-c5ccc(C#N)cc5)c2c4cc2c3c3ccccc3n2-c2ccc(C#N)cc2)cc1. The van der Waals surface area contributed by atoms with Crippen LogP contribution in [0.1, 0.15) is 27.8 Å². The Hall–Kier alpha value is -12.9. The van der Waals surface area contributed by atoms with Crippen LogP contribution >= 0.6 is 0 Å². The average molecular weight is 1120 g/mol. The van der Waals surface area contributed by atoms with Gasteiger partial charge in [0.1, 0.15) is 0 Å². The standard InChI is InChI=1S/C79H38BN9/c81-39-44-17-25-49(26-18-44)86-67-15-7-3-11-55(67)73-69(86)37-61-71-63(35-57-53-9-1-5-13-65(53)88(78(57)61)51-29-21-46(41-83)22-30-51)80-64-36-58-54-10-2-6-14-66(54)89(52-31-23-47(42-84)24-32-52)79(58)62-38-70-74(76(72(62)64)60-34-48(43-85)33-59(75(71)73)77(60)80)56-12-4-8-16-68(56)87(70)50-27-19-45(40-82)20-28-50/h1-38H. The molecule has 0 atom stereocenters. The quantitative estimate of drug-likeness (QED) is 0.162. The van der Waals surface area contributed by atoms with E-state index in [1.807, 2.05) is 97.1 Å². The van der Waals surface area contributed by atoms with Crippen molar-refractivity contribution in [3.05, 3.63) is 258 Å². The van der Waals surface area contributed by atoms with Crippen molar-refractivity contribution in [1.29, 1.82) is 26.3 Å². The molecular formula is C79H38BN9. The molecule has 4 aromatic heterocycles. The van der Waals surface area contributed by atoms with E-state index < -0.39 is 0 Å². The smallest absolute Gasteiger partial charge is 0.244 e. The van der Waals surface area contributed by atoms with E-state index in [0.29, 0.717) is 27.8 Å². The number of hydrogen-bond acceptors (Lipinski definition) is 5. The van der Waals surface area contributed by atoms with Gasteiger partial charge in [0.15, 0.2) is 0 Å². The van der Waals surface area contributed by atoms with Gasteiger partial charge in [-0.3, -0.25) is 0 Å². The highest BCUT2D eigenvalue weighted by molar-refractivity contribution is 7.02. The second-order valence-corrected chi connectivity index (χ2v) is 23.4. The van der Waals surface area contributed by atoms with E-state index >= 15 is 0 Å². The summed E-state index contributed by atoms with van der Waals surface area (Å²) in [6.07, 6.45) is 0. The molecule has 6 heterocycles. The van der Waals surface area contributed by atoms with Crippen LogP contribution in [0.5, 0.6) is 0 Å². The Morgan fingerprint density at radius 2 is 0.573 bits per heavy atom. The maximum atomic E-state index is 11.7. The highest BCUT2D eigenvalue weighted by Gasteiger charge is 2.43. The van der Waals surface area contributed by atoms with Crippen molar-refractivity contribution < 1.29 is 0 Å². The minimum atomic E-state index is -0.353. The largest absolute Gasteiger partial charge is 0.309 e. The van der Waals surface area contributed by atoms with Crippen molar-refractivity contribution in [2.24, 2.45) is 0 Å². The summed E-state index contributed by atoms with van der Waals surface area (Å²) in [6.45, 7) is -0.353. The third kappa shape index (κ3) is 6.26. The van der Waals surface area contributed by atoms with Gasteiger partial charge in [-0.15, -0.1) is 0 Å². The van der Waals surface area contributed by atoms with Gasteiger partial charge in [-0.2, -0.15) is 26.3 Å². The van der Waals surface area contributed by atoms with Gasteiger partial charge in [0.2, 0.25) is 6.71 Å². The van der Waals surface area contributed by atoms with Crippen molar-refractivity contribution in [2.45, 2.75) is 0 Å². The Labute approximate surface area is 507 Å². The normalized spacial score (nSPS) is 12.2. The van der Waals surface area contributed by atoms with Crippen molar-refractivity contribution in [3.63, 3.8) is 0 Å². The van der Waals surface area contributed by atoms with Gasteiger partial charge in [-0.05, 0) is 179 Å². The lowest BCUT2D eigenvalue weighted by Gasteiger charge is -2.35. The summed E-state index contributed by atoms with van der Waals surface area (Å²) in [6, 6.07) is 91.9. The molecule has 2 aliphatic rings. The van der Waals surface area contributed by atoms with Gasteiger partial charge in [0.05, 0.1) is 102 Å². The molecule has 0 saturated carbocycles. The molecule has 0 N–H and O–H groups in total.